The van der Waals surface area contributed by atoms with Crippen LogP contribution in [0.2, 0.25) is 0 Å². The summed E-state index contributed by atoms with van der Waals surface area (Å²) in [5.41, 5.74) is 10.2. The highest BCUT2D eigenvalue weighted by molar-refractivity contribution is 5.62. The Morgan fingerprint density at radius 3 is 2.56 bits per heavy atom. The molecule has 4 N–H and O–H groups in total. The molecule has 0 aliphatic heterocycles. The Morgan fingerprint density at radius 1 is 1.50 bits per heavy atom. The molecule has 5 nitrogen and oxygen atoms in total. The zero-order chi connectivity index (χ0) is 12.3. The molecule has 1 aromatic heterocycles. The molecule has 1 aromatic rings. The Balaban J connectivity index is 3.23. The first-order valence-corrected chi connectivity index (χ1v) is 4.02. The van der Waals surface area contributed by atoms with Crippen LogP contribution in [-0.2, 0) is 6.54 Å². The average molecular weight is 232 g/mol. The number of ether oxygens (including phenoxy) is 1. The Morgan fingerprint density at radius 2 is 2.12 bits per heavy atom. The molecule has 0 unspecified atom stereocenters. The summed E-state index contributed by atoms with van der Waals surface area (Å²) in [5.74, 6) is -0.732. The van der Waals surface area contributed by atoms with Gasteiger partial charge in [-0.1, -0.05) is 0 Å². The number of pyridine rings is 1. The van der Waals surface area contributed by atoms with Gasteiger partial charge in [0.25, 0.3) is 0 Å². The highest BCUT2D eigenvalue weighted by Crippen LogP contribution is 2.29. The van der Waals surface area contributed by atoms with Crippen molar-refractivity contribution in [2.75, 3.05) is 5.73 Å². The van der Waals surface area contributed by atoms with Gasteiger partial charge in [-0.3, -0.25) is 4.98 Å². The van der Waals surface area contributed by atoms with Gasteiger partial charge in [-0.15, -0.1) is 13.2 Å². The van der Waals surface area contributed by atoms with E-state index in [1.54, 1.807) is 0 Å². The minimum absolute atomic E-state index is 0.0766. The van der Waals surface area contributed by atoms with Crippen LogP contribution in [0.25, 0.3) is 0 Å². The molecule has 0 saturated heterocycles. The second-order valence-corrected chi connectivity index (χ2v) is 2.72. The molecule has 0 saturated carbocycles. The summed E-state index contributed by atoms with van der Waals surface area (Å²) in [6.45, 7) is -0.0766. The van der Waals surface area contributed by atoms with Crippen molar-refractivity contribution in [1.82, 2.24) is 4.98 Å². The maximum atomic E-state index is 11.9. The monoisotopic (exact) mass is 232 g/mol. The fraction of sp³-hybridized carbons (Fsp3) is 0.250. The van der Waals surface area contributed by atoms with Gasteiger partial charge >= 0.3 is 6.36 Å². The molecule has 0 atom stereocenters. The van der Waals surface area contributed by atoms with E-state index in [-0.39, 0.29) is 17.9 Å². The molecule has 1 heterocycles. The van der Waals surface area contributed by atoms with Crippen LogP contribution in [0, 0.1) is 11.3 Å². The van der Waals surface area contributed by atoms with Gasteiger partial charge < -0.3 is 16.2 Å². The zero-order valence-corrected chi connectivity index (χ0v) is 7.88. The molecule has 1 rings (SSSR count). The van der Waals surface area contributed by atoms with E-state index < -0.39 is 17.7 Å². The van der Waals surface area contributed by atoms with Gasteiger partial charge in [-0.05, 0) is 0 Å². The van der Waals surface area contributed by atoms with Gasteiger partial charge in [0.15, 0.2) is 5.75 Å². The summed E-state index contributed by atoms with van der Waals surface area (Å²) in [4.78, 5) is 3.56. The smallest absolute Gasteiger partial charge is 0.403 e. The van der Waals surface area contributed by atoms with Gasteiger partial charge in [0.05, 0.1) is 17.6 Å². The number of rotatable bonds is 2. The second-order valence-electron chi connectivity index (χ2n) is 2.72. The number of nitriles is 1. The molecule has 86 valence electrons. The van der Waals surface area contributed by atoms with E-state index in [1.165, 1.54) is 6.07 Å². The van der Waals surface area contributed by atoms with Gasteiger partial charge in [-0.25, -0.2) is 0 Å². The quantitative estimate of drug-likeness (QED) is 0.789. The molecule has 16 heavy (non-hydrogen) atoms. The highest BCUT2D eigenvalue weighted by Gasteiger charge is 2.33. The molecule has 0 aliphatic carbocycles. The number of alkyl halides is 3. The van der Waals surface area contributed by atoms with Crippen LogP contribution in [0.3, 0.4) is 0 Å². The topological polar surface area (TPSA) is 97.9 Å². The summed E-state index contributed by atoms with van der Waals surface area (Å²) in [5, 5.41) is 8.67. The number of nitrogen functional groups attached to an aromatic ring is 1. The Labute approximate surface area is 88.4 Å². The maximum Gasteiger partial charge on any atom is 0.573 e. The molecule has 0 fully saturated rings. The molecule has 0 spiro atoms. The Hall–Kier alpha value is -2.01. The van der Waals surface area contributed by atoms with Crippen LogP contribution in [-0.4, -0.2) is 11.3 Å². The van der Waals surface area contributed by atoms with Crippen molar-refractivity contribution in [2.45, 2.75) is 12.9 Å². The van der Waals surface area contributed by atoms with Crippen molar-refractivity contribution >= 4 is 5.69 Å². The highest BCUT2D eigenvalue weighted by atomic mass is 19.4. The van der Waals surface area contributed by atoms with Gasteiger partial charge in [0, 0.05) is 6.54 Å². The summed E-state index contributed by atoms with van der Waals surface area (Å²) in [7, 11) is 0. The van der Waals surface area contributed by atoms with Crippen molar-refractivity contribution < 1.29 is 17.9 Å². The molecular formula is C8H7F3N4O. The lowest BCUT2D eigenvalue weighted by molar-refractivity contribution is -0.274. The average Bonchev–Trinajstić information content (AvgIpc) is 2.16. The number of anilines is 1. The number of nitrogens with two attached hydrogens (primary N) is 2. The molecule has 0 amide bonds. The third kappa shape index (κ3) is 2.52. The van der Waals surface area contributed by atoms with Crippen molar-refractivity contribution in [3.05, 3.63) is 17.5 Å². The van der Waals surface area contributed by atoms with E-state index in [0.29, 0.717) is 0 Å². The normalized spacial score (nSPS) is 10.9. The van der Waals surface area contributed by atoms with Crippen LogP contribution in [0.5, 0.6) is 5.75 Å². The number of hydrogen-bond donors (Lipinski definition) is 2. The van der Waals surface area contributed by atoms with Gasteiger partial charge in [0.1, 0.15) is 11.6 Å². The minimum atomic E-state index is -4.90. The SMILES string of the molecule is N#Cc1c(OC(F)(F)F)cnc(CN)c1N. The molecule has 0 bridgehead atoms. The molecule has 0 radical (unpaired) electrons. The summed E-state index contributed by atoms with van der Waals surface area (Å²) in [6.07, 6.45) is -4.13. The first-order chi connectivity index (χ1) is 7.39. The predicted octanol–water partition coefficient (Wildman–Crippen LogP) is 0.893. The maximum absolute atomic E-state index is 11.9. The molecule has 0 aliphatic rings. The fourth-order valence-electron chi connectivity index (χ4n) is 1.03. The third-order valence-electron chi connectivity index (χ3n) is 1.70. The first-order valence-electron chi connectivity index (χ1n) is 4.02. The van der Waals surface area contributed by atoms with Crippen molar-refractivity contribution in [3.8, 4) is 11.8 Å². The largest absolute Gasteiger partial charge is 0.573 e. The summed E-state index contributed by atoms with van der Waals surface area (Å²) in [6, 6.07) is 1.52. The van der Waals surface area contributed by atoms with Gasteiger partial charge in [0.2, 0.25) is 0 Å². The Kier molecular flexibility index (Phi) is 3.20. The van der Waals surface area contributed by atoms with Crippen molar-refractivity contribution in [3.63, 3.8) is 0 Å². The van der Waals surface area contributed by atoms with E-state index in [1.807, 2.05) is 0 Å². The number of halogens is 3. The zero-order valence-electron chi connectivity index (χ0n) is 7.88. The van der Waals surface area contributed by atoms with Crippen LogP contribution in [0.15, 0.2) is 6.20 Å². The minimum Gasteiger partial charge on any atom is -0.403 e. The molecule has 8 heteroatoms. The standard InChI is InChI=1S/C8H7F3N4O/c9-8(10,11)16-6-3-15-5(2-13)7(14)4(6)1-12/h3H,2,13-14H2. The number of nitrogens with zero attached hydrogens (tertiary/aromatic N) is 2. The molecule has 0 aromatic carbocycles. The van der Waals surface area contributed by atoms with Crippen molar-refractivity contribution in [2.24, 2.45) is 5.73 Å². The first kappa shape index (κ1) is 12.1. The van der Waals surface area contributed by atoms with Crippen LogP contribution < -0.4 is 16.2 Å². The van der Waals surface area contributed by atoms with E-state index in [4.69, 9.17) is 16.7 Å². The fourth-order valence-corrected chi connectivity index (χ4v) is 1.03. The van der Waals surface area contributed by atoms with E-state index in [2.05, 4.69) is 9.72 Å². The lowest BCUT2D eigenvalue weighted by Gasteiger charge is -2.12. The van der Waals surface area contributed by atoms with E-state index in [0.717, 1.165) is 6.20 Å². The van der Waals surface area contributed by atoms with E-state index >= 15 is 0 Å². The number of hydrogen-bond acceptors (Lipinski definition) is 5. The van der Waals surface area contributed by atoms with Gasteiger partial charge in [-0.2, -0.15) is 5.26 Å². The number of aromatic nitrogens is 1. The van der Waals surface area contributed by atoms with Crippen molar-refractivity contribution in [1.29, 1.82) is 5.26 Å². The Bertz CT molecular complexity index is 438. The van der Waals surface area contributed by atoms with E-state index in [9.17, 15) is 13.2 Å². The van der Waals surface area contributed by atoms with Crippen LogP contribution in [0.4, 0.5) is 18.9 Å². The predicted molar refractivity (Wildman–Crippen MR) is 47.9 cm³/mol. The lowest BCUT2D eigenvalue weighted by Crippen LogP contribution is -2.19. The summed E-state index contributed by atoms with van der Waals surface area (Å²) >= 11 is 0. The van der Waals surface area contributed by atoms with Crippen LogP contribution in [0.1, 0.15) is 11.3 Å². The summed E-state index contributed by atoms with van der Waals surface area (Å²) < 4.78 is 39.4. The third-order valence-corrected chi connectivity index (χ3v) is 1.70. The lowest BCUT2D eigenvalue weighted by atomic mass is 10.2. The second kappa shape index (κ2) is 4.24. The molecular weight excluding hydrogens is 225 g/mol. The van der Waals surface area contributed by atoms with Crippen LogP contribution >= 0.6 is 0 Å².